The molecule has 0 aliphatic heterocycles. The number of nitrogens with zero attached hydrogens (tertiary/aromatic N) is 2. The third-order valence-electron chi connectivity index (χ3n) is 2.63. The minimum Gasteiger partial charge on any atom is -0.384 e. The zero-order valence-electron chi connectivity index (χ0n) is 10.2. The second kappa shape index (κ2) is 4.87. The van der Waals surface area contributed by atoms with Gasteiger partial charge in [0.2, 0.25) is 0 Å². The smallest absolute Gasteiger partial charge is 0.384 e. The van der Waals surface area contributed by atoms with Crippen LogP contribution in [0.4, 0.5) is 19.0 Å². The average Bonchev–Trinajstić information content (AvgIpc) is 2.37. The molecule has 0 aliphatic rings. The molecule has 0 amide bonds. The lowest BCUT2D eigenvalue weighted by Gasteiger charge is -2.12. The molecule has 0 unspecified atom stereocenters. The molecular weight excluding hydrogens is 255 g/mol. The van der Waals surface area contributed by atoms with E-state index in [9.17, 15) is 13.2 Å². The maximum atomic E-state index is 12.9. The van der Waals surface area contributed by atoms with Crippen molar-refractivity contribution >= 4 is 5.82 Å². The number of nitrogen functional groups attached to an aromatic ring is 1. The summed E-state index contributed by atoms with van der Waals surface area (Å²) in [6.07, 6.45) is -3.87. The van der Waals surface area contributed by atoms with Crippen LogP contribution < -0.4 is 5.73 Å². The number of benzene rings is 1. The third kappa shape index (κ3) is 2.83. The van der Waals surface area contributed by atoms with Crippen molar-refractivity contribution in [1.29, 1.82) is 0 Å². The summed E-state index contributed by atoms with van der Waals surface area (Å²) < 4.78 is 38.8. The van der Waals surface area contributed by atoms with Crippen molar-refractivity contribution < 1.29 is 13.2 Å². The zero-order chi connectivity index (χ0) is 14.0. The predicted octanol–water partition coefficient (Wildman–Crippen LogP) is 3.31. The van der Waals surface area contributed by atoms with Gasteiger partial charge in [-0.15, -0.1) is 0 Å². The van der Waals surface area contributed by atoms with Crippen molar-refractivity contribution in [2.24, 2.45) is 0 Å². The van der Waals surface area contributed by atoms with Crippen molar-refractivity contribution in [3.8, 4) is 11.4 Å². The zero-order valence-corrected chi connectivity index (χ0v) is 10.2. The van der Waals surface area contributed by atoms with Crippen LogP contribution in [0.2, 0.25) is 0 Å². The molecule has 0 atom stereocenters. The second-order valence-electron chi connectivity index (χ2n) is 4.00. The van der Waals surface area contributed by atoms with Gasteiger partial charge >= 0.3 is 6.18 Å². The van der Waals surface area contributed by atoms with Crippen molar-refractivity contribution in [3.63, 3.8) is 0 Å². The van der Waals surface area contributed by atoms with Gasteiger partial charge in [-0.1, -0.05) is 25.1 Å². The van der Waals surface area contributed by atoms with Crippen LogP contribution >= 0.6 is 0 Å². The highest BCUT2D eigenvalue weighted by Crippen LogP contribution is 2.35. The Morgan fingerprint density at radius 2 is 1.84 bits per heavy atom. The average molecular weight is 267 g/mol. The fourth-order valence-electron chi connectivity index (χ4n) is 1.75. The molecule has 1 aromatic carbocycles. The molecule has 0 saturated carbocycles. The molecule has 100 valence electrons. The van der Waals surface area contributed by atoms with E-state index >= 15 is 0 Å². The molecule has 0 fully saturated rings. The lowest BCUT2D eigenvalue weighted by Crippen LogP contribution is -2.09. The van der Waals surface area contributed by atoms with E-state index < -0.39 is 11.7 Å². The molecule has 6 heteroatoms. The number of aromatic nitrogens is 2. The molecule has 19 heavy (non-hydrogen) atoms. The minimum atomic E-state index is -4.45. The third-order valence-corrected chi connectivity index (χ3v) is 2.63. The predicted molar refractivity (Wildman–Crippen MR) is 66.3 cm³/mol. The first-order valence-corrected chi connectivity index (χ1v) is 5.72. The number of nitrogens with two attached hydrogens (primary N) is 1. The molecule has 2 aromatic rings. The van der Waals surface area contributed by atoms with Crippen LogP contribution in [0.3, 0.4) is 0 Å². The Labute approximate surface area is 108 Å². The van der Waals surface area contributed by atoms with E-state index in [2.05, 4.69) is 9.97 Å². The number of rotatable bonds is 2. The Balaban J connectivity index is 2.62. The summed E-state index contributed by atoms with van der Waals surface area (Å²) in [6.45, 7) is 1.85. The standard InChI is InChI=1S/C13H12F3N3/c1-2-8-7-11(17)19-12(18-8)9-5-3-4-6-10(9)13(14,15)16/h3-7H,2H2,1H3,(H2,17,18,19). The van der Waals surface area contributed by atoms with Gasteiger partial charge in [-0.3, -0.25) is 0 Å². The van der Waals surface area contributed by atoms with E-state index in [1.165, 1.54) is 18.2 Å². The topological polar surface area (TPSA) is 51.8 Å². The maximum absolute atomic E-state index is 12.9. The molecule has 2 rings (SSSR count). The molecule has 1 aromatic heterocycles. The SMILES string of the molecule is CCc1cc(N)nc(-c2ccccc2C(F)(F)F)n1. The monoisotopic (exact) mass is 267 g/mol. The summed E-state index contributed by atoms with van der Waals surface area (Å²) >= 11 is 0. The summed E-state index contributed by atoms with van der Waals surface area (Å²) in [5.74, 6) is 0.170. The van der Waals surface area contributed by atoms with E-state index in [0.29, 0.717) is 12.1 Å². The van der Waals surface area contributed by atoms with Crippen molar-refractivity contribution in [2.75, 3.05) is 5.73 Å². The van der Waals surface area contributed by atoms with Gasteiger partial charge in [-0.2, -0.15) is 13.2 Å². The first-order valence-electron chi connectivity index (χ1n) is 5.72. The number of aryl methyl sites for hydroxylation is 1. The molecule has 0 bridgehead atoms. The van der Waals surface area contributed by atoms with Gasteiger partial charge in [0.05, 0.1) is 5.56 Å². The molecule has 0 saturated heterocycles. The lowest BCUT2D eigenvalue weighted by atomic mass is 10.1. The van der Waals surface area contributed by atoms with Gasteiger partial charge in [-0.25, -0.2) is 9.97 Å². The highest BCUT2D eigenvalue weighted by atomic mass is 19.4. The van der Waals surface area contributed by atoms with Crippen LogP contribution in [0.5, 0.6) is 0 Å². The number of anilines is 1. The van der Waals surface area contributed by atoms with Gasteiger partial charge < -0.3 is 5.73 Å². The van der Waals surface area contributed by atoms with Crippen LogP contribution in [0.1, 0.15) is 18.2 Å². The Morgan fingerprint density at radius 3 is 2.47 bits per heavy atom. The molecule has 1 heterocycles. The first-order chi connectivity index (χ1) is 8.91. The molecule has 0 aliphatic carbocycles. The van der Waals surface area contributed by atoms with Gasteiger partial charge in [0.1, 0.15) is 5.82 Å². The molecule has 2 N–H and O–H groups in total. The maximum Gasteiger partial charge on any atom is 0.417 e. The second-order valence-corrected chi connectivity index (χ2v) is 4.00. The largest absolute Gasteiger partial charge is 0.417 e. The van der Waals surface area contributed by atoms with Gasteiger partial charge in [0, 0.05) is 17.3 Å². The Morgan fingerprint density at radius 1 is 1.16 bits per heavy atom. The van der Waals surface area contributed by atoms with Crippen LogP contribution in [0, 0.1) is 0 Å². The lowest BCUT2D eigenvalue weighted by molar-refractivity contribution is -0.137. The van der Waals surface area contributed by atoms with E-state index in [-0.39, 0.29) is 17.2 Å². The molecule has 0 radical (unpaired) electrons. The van der Waals surface area contributed by atoms with E-state index in [0.717, 1.165) is 6.07 Å². The van der Waals surface area contributed by atoms with Gasteiger partial charge in [-0.05, 0) is 12.5 Å². The fourth-order valence-corrected chi connectivity index (χ4v) is 1.75. The van der Waals surface area contributed by atoms with E-state index in [1.54, 1.807) is 6.07 Å². The molecule has 3 nitrogen and oxygen atoms in total. The van der Waals surface area contributed by atoms with E-state index in [1.807, 2.05) is 6.92 Å². The number of alkyl halides is 3. The normalized spacial score (nSPS) is 11.6. The summed E-state index contributed by atoms with van der Waals surface area (Å²) in [4.78, 5) is 8.00. The van der Waals surface area contributed by atoms with Crippen LogP contribution in [0.15, 0.2) is 30.3 Å². The van der Waals surface area contributed by atoms with Crippen molar-refractivity contribution in [2.45, 2.75) is 19.5 Å². The highest BCUT2D eigenvalue weighted by Gasteiger charge is 2.34. The summed E-state index contributed by atoms with van der Waals surface area (Å²) in [5.41, 5.74) is 5.39. The number of hydrogen-bond acceptors (Lipinski definition) is 3. The molecule has 0 spiro atoms. The highest BCUT2D eigenvalue weighted by molar-refractivity contribution is 5.62. The van der Waals surface area contributed by atoms with Crippen LogP contribution in [-0.4, -0.2) is 9.97 Å². The number of halogens is 3. The van der Waals surface area contributed by atoms with Crippen LogP contribution in [-0.2, 0) is 12.6 Å². The van der Waals surface area contributed by atoms with Crippen molar-refractivity contribution in [3.05, 3.63) is 41.6 Å². The molecular formula is C13H12F3N3. The first kappa shape index (κ1) is 13.3. The Bertz CT molecular complexity index is 594. The van der Waals surface area contributed by atoms with E-state index in [4.69, 9.17) is 5.73 Å². The van der Waals surface area contributed by atoms with Crippen molar-refractivity contribution in [1.82, 2.24) is 9.97 Å². The van der Waals surface area contributed by atoms with Gasteiger partial charge in [0.15, 0.2) is 5.82 Å². The summed E-state index contributed by atoms with van der Waals surface area (Å²) in [5, 5.41) is 0. The van der Waals surface area contributed by atoms with Crippen LogP contribution in [0.25, 0.3) is 11.4 Å². The van der Waals surface area contributed by atoms with Gasteiger partial charge in [0.25, 0.3) is 0 Å². The minimum absolute atomic E-state index is 0.00442. The quantitative estimate of drug-likeness (QED) is 0.908. The fraction of sp³-hybridized carbons (Fsp3) is 0.231. The number of hydrogen-bond donors (Lipinski definition) is 1. The summed E-state index contributed by atoms with van der Waals surface area (Å²) in [7, 11) is 0. The Kier molecular flexibility index (Phi) is 3.42. The summed E-state index contributed by atoms with van der Waals surface area (Å²) in [6, 6.07) is 6.76. The Hall–Kier alpha value is -2.11.